The van der Waals surface area contributed by atoms with Crippen molar-refractivity contribution in [2.24, 2.45) is 0 Å². The molecular formula is C42H28B2N4Se2. The van der Waals surface area contributed by atoms with E-state index in [2.05, 4.69) is 189 Å². The molecule has 0 unspecified atom stereocenters. The van der Waals surface area contributed by atoms with E-state index in [9.17, 15) is 0 Å². The average molecular weight is 768 g/mol. The van der Waals surface area contributed by atoms with Gasteiger partial charge in [0.05, 0.1) is 0 Å². The summed E-state index contributed by atoms with van der Waals surface area (Å²) in [5, 5.41) is 0. The molecule has 4 heterocycles. The Bertz CT molecular complexity index is 2290. The summed E-state index contributed by atoms with van der Waals surface area (Å²) in [4.78, 5) is 10.4. The van der Waals surface area contributed by atoms with E-state index in [4.69, 9.17) is 0 Å². The Morgan fingerprint density at radius 3 is 1.08 bits per heavy atom. The number of hydrogen-bond acceptors (Lipinski definition) is 4. The van der Waals surface area contributed by atoms with Crippen LogP contribution in [0.25, 0.3) is 0 Å². The molecule has 11 rings (SSSR count). The summed E-state index contributed by atoms with van der Waals surface area (Å²) < 4.78 is 5.70. The Morgan fingerprint density at radius 2 is 0.640 bits per heavy atom. The Balaban J connectivity index is 1.24. The summed E-state index contributed by atoms with van der Waals surface area (Å²) >= 11 is 0.363. The van der Waals surface area contributed by atoms with Gasteiger partial charge in [-0.05, 0) is 0 Å². The normalized spacial score (nSPS) is 14.8. The molecule has 50 heavy (non-hydrogen) atoms. The topological polar surface area (TPSA) is 13.0 Å². The van der Waals surface area contributed by atoms with Crippen molar-refractivity contribution < 1.29 is 0 Å². The first-order valence-electron chi connectivity index (χ1n) is 17.0. The van der Waals surface area contributed by atoms with Crippen molar-refractivity contribution in [1.29, 1.82) is 0 Å². The number of nitrogens with zero attached hydrogens (tertiary/aromatic N) is 4. The summed E-state index contributed by atoms with van der Waals surface area (Å²) in [5.41, 5.74) is 12.7. The molecule has 7 aromatic carbocycles. The van der Waals surface area contributed by atoms with Gasteiger partial charge in [0, 0.05) is 0 Å². The van der Waals surface area contributed by atoms with Crippen LogP contribution in [0, 0.1) is 0 Å². The molecule has 0 bridgehead atoms. The molecule has 0 amide bonds. The Morgan fingerprint density at radius 1 is 0.300 bits per heavy atom. The fourth-order valence-electron chi connectivity index (χ4n) is 8.20. The molecule has 0 aromatic heterocycles. The quantitative estimate of drug-likeness (QED) is 0.230. The standard InChI is InChI=1S/C42H28B2N4Se2/c1-3-15-29(16-4-1)45-35-27-38-36(28-37(35)47-33-21-9-13-25-41(33)49-39-23-11-7-19-31(39)43(45)47)46(30-17-5-2-6-18-30)44-32-20-8-12-24-40(32)50-42-26-14-10-22-34(42)48(38)44/h1-28H. The van der Waals surface area contributed by atoms with E-state index in [1.165, 1.54) is 74.3 Å². The maximum absolute atomic E-state index is 2.63. The van der Waals surface area contributed by atoms with Gasteiger partial charge in [-0.1, -0.05) is 0 Å². The van der Waals surface area contributed by atoms with Crippen LogP contribution >= 0.6 is 0 Å². The maximum atomic E-state index is 2.63. The predicted octanol–water partition coefficient (Wildman–Crippen LogP) is 4.99. The van der Waals surface area contributed by atoms with Crippen LogP contribution < -0.4 is 48.0 Å². The Labute approximate surface area is 305 Å². The first-order chi connectivity index (χ1) is 24.8. The second-order valence-corrected chi connectivity index (χ2v) is 17.5. The number of fused-ring (bicyclic) bond motifs is 14. The Kier molecular flexibility index (Phi) is 6.44. The second kappa shape index (κ2) is 11.2. The molecule has 7 aromatic rings. The summed E-state index contributed by atoms with van der Waals surface area (Å²) in [5.74, 6) is 0. The van der Waals surface area contributed by atoms with Crippen LogP contribution in [-0.4, -0.2) is 43.9 Å². The van der Waals surface area contributed by atoms with Crippen LogP contribution in [-0.2, 0) is 0 Å². The van der Waals surface area contributed by atoms with Crippen LogP contribution in [0.5, 0.6) is 0 Å². The molecule has 4 aliphatic heterocycles. The first kappa shape index (κ1) is 28.7. The van der Waals surface area contributed by atoms with Gasteiger partial charge in [-0.2, -0.15) is 0 Å². The van der Waals surface area contributed by atoms with Gasteiger partial charge in [0.2, 0.25) is 0 Å². The van der Waals surface area contributed by atoms with Crippen molar-refractivity contribution in [3.63, 3.8) is 0 Å². The van der Waals surface area contributed by atoms with E-state index in [1.807, 2.05) is 0 Å². The molecule has 0 saturated heterocycles. The summed E-state index contributed by atoms with van der Waals surface area (Å²) in [7, 11) is 0. The molecule has 4 aliphatic rings. The van der Waals surface area contributed by atoms with Crippen LogP contribution in [0.15, 0.2) is 170 Å². The fourth-order valence-corrected chi connectivity index (χ4v) is 12.8. The van der Waals surface area contributed by atoms with E-state index in [1.54, 1.807) is 0 Å². The number of anilines is 8. The van der Waals surface area contributed by atoms with Gasteiger partial charge in [-0.3, -0.25) is 0 Å². The van der Waals surface area contributed by atoms with E-state index < -0.39 is 0 Å². The third-order valence-corrected chi connectivity index (χ3v) is 15.1. The van der Waals surface area contributed by atoms with Crippen LogP contribution in [0.2, 0.25) is 0 Å². The molecular weight excluding hydrogens is 740 g/mol. The molecule has 234 valence electrons. The van der Waals surface area contributed by atoms with Crippen molar-refractivity contribution >= 4 is 118 Å². The van der Waals surface area contributed by atoms with Crippen molar-refractivity contribution in [2.45, 2.75) is 0 Å². The third-order valence-electron chi connectivity index (χ3n) is 10.2. The van der Waals surface area contributed by atoms with Crippen molar-refractivity contribution in [3.05, 3.63) is 170 Å². The van der Waals surface area contributed by atoms with Gasteiger partial charge in [-0.15, -0.1) is 0 Å². The molecule has 4 nitrogen and oxygen atoms in total. The number of hydrogen-bond donors (Lipinski definition) is 0. The zero-order chi connectivity index (χ0) is 32.8. The monoisotopic (exact) mass is 770 g/mol. The van der Waals surface area contributed by atoms with Gasteiger partial charge in [0.15, 0.2) is 0 Å². The summed E-state index contributed by atoms with van der Waals surface area (Å²) in [6.45, 7) is -0.0313. The van der Waals surface area contributed by atoms with Gasteiger partial charge in [0.1, 0.15) is 0 Å². The van der Waals surface area contributed by atoms with Crippen molar-refractivity contribution in [1.82, 2.24) is 0 Å². The zero-order valence-corrected chi connectivity index (χ0v) is 30.4. The number of para-hydroxylation sites is 4. The summed E-state index contributed by atoms with van der Waals surface area (Å²) in [6.07, 6.45) is 0. The molecule has 8 heteroatoms. The first-order valence-corrected chi connectivity index (χ1v) is 20.4. The number of benzene rings is 7. The fraction of sp³-hybridized carbons (Fsp3) is 0. The van der Waals surface area contributed by atoms with Crippen molar-refractivity contribution in [3.8, 4) is 0 Å². The minimum atomic E-state index is -0.0156. The molecule has 0 spiro atoms. The van der Waals surface area contributed by atoms with E-state index in [0.717, 1.165) is 0 Å². The van der Waals surface area contributed by atoms with Gasteiger partial charge < -0.3 is 0 Å². The summed E-state index contributed by atoms with van der Waals surface area (Å²) in [6, 6.07) is 63.4. The molecule has 0 radical (unpaired) electrons. The SMILES string of the molecule is c1ccc(N2B3c4ccccc4[Se]c4ccccc4N3c3cc4c(cc32)N2B(c3ccccc3[Se]c3ccccc32)N4c2ccccc2)cc1. The molecule has 0 aliphatic carbocycles. The third kappa shape index (κ3) is 4.14. The van der Waals surface area contributed by atoms with Gasteiger partial charge in [0.25, 0.3) is 0 Å². The molecule has 0 saturated carbocycles. The minimum absolute atomic E-state index is 0.0156. The average Bonchev–Trinajstić information content (AvgIpc) is 3.56. The van der Waals surface area contributed by atoms with E-state index >= 15 is 0 Å². The Hall–Kier alpha value is -5.09. The van der Waals surface area contributed by atoms with Crippen LogP contribution in [0.4, 0.5) is 45.5 Å². The molecule has 0 atom stereocenters. The van der Waals surface area contributed by atoms with E-state index in [-0.39, 0.29) is 43.9 Å². The molecule has 0 fully saturated rings. The van der Waals surface area contributed by atoms with Crippen LogP contribution in [0.3, 0.4) is 0 Å². The van der Waals surface area contributed by atoms with Gasteiger partial charge in [-0.25, -0.2) is 0 Å². The molecule has 0 N–H and O–H groups in total. The van der Waals surface area contributed by atoms with Crippen molar-refractivity contribution in [2.75, 3.05) is 19.2 Å². The predicted molar refractivity (Wildman–Crippen MR) is 214 cm³/mol. The van der Waals surface area contributed by atoms with Crippen LogP contribution in [0.1, 0.15) is 0 Å². The second-order valence-electron chi connectivity index (χ2n) is 12.9. The zero-order valence-electron chi connectivity index (χ0n) is 26.9. The number of rotatable bonds is 2. The van der Waals surface area contributed by atoms with Gasteiger partial charge >= 0.3 is 307 Å². The van der Waals surface area contributed by atoms with E-state index in [0.29, 0.717) is 0 Å².